The fraction of sp³-hybridized carbons (Fsp3) is 0.471. The van der Waals surface area contributed by atoms with Crippen molar-refractivity contribution < 1.29 is 9.90 Å². The Kier molecular flexibility index (Phi) is 5.20. The summed E-state index contributed by atoms with van der Waals surface area (Å²) < 4.78 is 0. The minimum atomic E-state index is -0.198. The van der Waals surface area contributed by atoms with Crippen LogP contribution in [0.2, 0.25) is 0 Å². The first-order valence-corrected chi connectivity index (χ1v) is 7.19. The Morgan fingerprint density at radius 2 is 2.25 bits per heavy atom. The molecule has 0 aromatic heterocycles. The zero-order chi connectivity index (χ0) is 14.4. The molecule has 1 amide bonds. The largest absolute Gasteiger partial charge is 0.384 e. The van der Waals surface area contributed by atoms with Gasteiger partial charge >= 0.3 is 0 Å². The van der Waals surface area contributed by atoms with Gasteiger partial charge in [-0.25, -0.2) is 0 Å². The number of carbonyl (C=O) groups excluding carboxylic acids is 1. The Morgan fingerprint density at radius 3 is 2.90 bits per heavy atom. The van der Waals surface area contributed by atoms with Gasteiger partial charge in [0.1, 0.15) is 6.61 Å². The van der Waals surface area contributed by atoms with Gasteiger partial charge in [-0.1, -0.05) is 37.2 Å². The van der Waals surface area contributed by atoms with Gasteiger partial charge in [-0.2, -0.15) is 0 Å². The number of nitrogens with one attached hydrogen (secondary N) is 1. The Labute approximate surface area is 120 Å². The average molecular weight is 271 g/mol. The molecule has 0 bridgehead atoms. The average Bonchev–Trinajstić information content (AvgIpc) is 2.39. The van der Waals surface area contributed by atoms with Crippen molar-refractivity contribution in [1.29, 1.82) is 0 Å². The van der Waals surface area contributed by atoms with E-state index < -0.39 is 0 Å². The first kappa shape index (κ1) is 14.6. The summed E-state index contributed by atoms with van der Waals surface area (Å²) in [4.78, 5) is 12.2. The molecular formula is C17H21NO2. The molecule has 0 unspecified atom stereocenters. The molecule has 2 rings (SSSR count). The summed E-state index contributed by atoms with van der Waals surface area (Å²) in [5.41, 5.74) is 2.32. The summed E-state index contributed by atoms with van der Waals surface area (Å²) in [6.45, 7) is 2.49. The molecule has 1 aromatic carbocycles. The molecule has 0 spiro atoms. The molecule has 1 aliphatic rings. The van der Waals surface area contributed by atoms with E-state index in [1.165, 1.54) is 19.3 Å². The molecule has 1 aromatic rings. The number of benzene rings is 1. The van der Waals surface area contributed by atoms with Crippen molar-refractivity contribution in [1.82, 2.24) is 5.32 Å². The van der Waals surface area contributed by atoms with E-state index in [9.17, 15) is 4.79 Å². The molecule has 0 aliphatic heterocycles. The van der Waals surface area contributed by atoms with Crippen LogP contribution in [0, 0.1) is 24.7 Å². The highest BCUT2D eigenvalue weighted by Crippen LogP contribution is 2.28. The van der Waals surface area contributed by atoms with Crippen molar-refractivity contribution in [3.63, 3.8) is 0 Å². The SMILES string of the molecule is Cc1ccc(C(=O)NCCC2CCC2)c(C#CCO)c1. The van der Waals surface area contributed by atoms with Crippen molar-refractivity contribution in [2.45, 2.75) is 32.6 Å². The third-order valence-corrected chi connectivity index (χ3v) is 3.78. The van der Waals surface area contributed by atoms with Gasteiger partial charge in [0, 0.05) is 12.1 Å². The topological polar surface area (TPSA) is 49.3 Å². The fourth-order valence-electron chi connectivity index (χ4n) is 2.36. The Balaban J connectivity index is 2.00. The number of aliphatic hydroxyl groups excluding tert-OH is 1. The van der Waals surface area contributed by atoms with Gasteiger partial charge in [0.15, 0.2) is 0 Å². The van der Waals surface area contributed by atoms with Crippen LogP contribution in [0.25, 0.3) is 0 Å². The number of hydrogen-bond donors (Lipinski definition) is 2. The van der Waals surface area contributed by atoms with E-state index in [2.05, 4.69) is 17.2 Å². The monoisotopic (exact) mass is 271 g/mol. The van der Waals surface area contributed by atoms with E-state index >= 15 is 0 Å². The lowest BCUT2D eigenvalue weighted by molar-refractivity contribution is 0.0948. The van der Waals surface area contributed by atoms with Gasteiger partial charge in [0.05, 0.1) is 5.56 Å². The van der Waals surface area contributed by atoms with Gasteiger partial charge in [-0.3, -0.25) is 4.79 Å². The highest BCUT2D eigenvalue weighted by atomic mass is 16.2. The Bertz CT molecular complexity index is 536. The maximum atomic E-state index is 12.2. The lowest BCUT2D eigenvalue weighted by Gasteiger charge is -2.25. The van der Waals surface area contributed by atoms with Crippen molar-refractivity contribution in [3.8, 4) is 11.8 Å². The van der Waals surface area contributed by atoms with Gasteiger partial charge in [0.2, 0.25) is 0 Å². The molecule has 1 fully saturated rings. The van der Waals surface area contributed by atoms with Crippen LogP contribution in [0.5, 0.6) is 0 Å². The van der Waals surface area contributed by atoms with E-state index in [0.29, 0.717) is 11.1 Å². The fourth-order valence-corrected chi connectivity index (χ4v) is 2.36. The second-order valence-corrected chi connectivity index (χ2v) is 5.35. The van der Waals surface area contributed by atoms with E-state index in [-0.39, 0.29) is 12.5 Å². The highest BCUT2D eigenvalue weighted by Gasteiger charge is 2.17. The molecule has 0 radical (unpaired) electrons. The molecule has 0 saturated heterocycles. The van der Waals surface area contributed by atoms with Crippen molar-refractivity contribution >= 4 is 5.91 Å². The number of amides is 1. The standard InChI is InChI=1S/C17H21NO2/c1-13-7-8-16(15(12-13)6-3-11-19)17(20)18-10-9-14-4-2-5-14/h7-8,12,14,19H,2,4-5,9-11H2,1H3,(H,18,20). The summed E-state index contributed by atoms with van der Waals surface area (Å²) in [6.07, 6.45) is 4.99. The number of aryl methyl sites for hydroxylation is 1. The van der Waals surface area contributed by atoms with Crippen molar-refractivity contribution in [2.75, 3.05) is 13.2 Å². The molecular weight excluding hydrogens is 250 g/mol. The minimum absolute atomic E-state index is 0.0773. The third kappa shape index (κ3) is 3.85. The normalized spacial score (nSPS) is 14.1. The van der Waals surface area contributed by atoms with Crippen LogP contribution in [0.15, 0.2) is 18.2 Å². The van der Waals surface area contributed by atoms with Gasteiger partial charge in [-0.05, 0) is 37.0 Å². The second kappa shape index (κ2) is 7.12. The van der Waals surface area contributed by atoms with E-state index in [0.717, 1.165) is 24.4 Å². The number of rotatable bonds is 4. The van der Waals surface area contributed by atoms with Crippen LogP contribution in [0.1, 0.15) is 47.2 Å². The number of carbonyl (C=O) groups is 1. The minimum Gasteiger partial charge on any atom is -0.384 e. The molecule has 106 valence electrons. The lowest BCUT2D eigenvalue weighted by Crippen LogP contribution is -2.28. The Morgan fingerprint density at radius 1 is 1.45 bits per heavy atom. The smallest absolute Gasteiger partial charge is 0.252 e. The van der Waals surface area contributed by atoms with Crippen LogP contribution in [-0.4, -0.2) is 24.2 Å². The summed E-state index contributed by atoms with van der Waals surface area (Å²) in [7, 11) is 0. The molecule has 0 atom stereocenters. The lowest BCUT2D eigenvalue weighted by atomic mass is 9.83. The van der Waals surface area contributed by atoms with E-state index in [1.54, 1.807) is 6.07 Å². The molecule has 0 heterocycles. The molecule has 1 aliphatic carbocycles. The zero-order valence-corrected chi connectivity index (χ0v) is 11.9. The third-order valence-electron chi connectivity index (χ3n) is 3.78. The van der Waals surface area contributed by atoms with E-state index in [1.807, 2.05) is 19.1 Å². The zero-order valence-electron chi connectivity index (χ0n) is 11.9. The quantitative estimate of drug-likeness (QED) is 0.825. The second-order valence-electron chi connectivity index (χ2n) is 5.35. The molecule has 3 nitrogen and oxygen atoms in total. The van der Waals surface area contributed by atoms with Crippen molar-refractivity contribution in [3.05, 3.63) is 34.9 Å². The molecule has 20 heavy (non-hydrogen) atoms. The first-order chi connectivity index (χ1) is 9.70. The molecule has 2 N–H and O–H groups in total. The molecule has 1 saturated carbocycles. The molecule has 3 heteroatoms. The summed E-state index contributed by atoms with van der Waals surface area (Å²) >= 11 is 0. The summed E-state index contributed by atoms with van der Waals surface area (Å²) in [5, 5.41) is 11.8. The summed E-state index contributed by atoms with van der Waals surface area (Å²) in [5.74, 6) is 6.17. The van der Waals surface area contributed by atoms with E-state index in [4.69, 9.17) is 5.11 Å². The first-order valence-electron chi connectivity index (χ1n) is 7.19. The predicted octanol–water partition coefficient (Wildman–Crippen LogP) is 2.26. The predicted molar refractivity (Wildman–Crippen MR) is 79.4 cm³/mol. The van der Waals surface area contributed by atoms with Gasteiger partial charge < -0.3 is 10.4 Å². The highest BCUT2D eigenvalue weighted by molar-refractivity contribution is 5.96. The van der Waals surface area contributed by atoms with Crippen LogP contribution in [-0.2, 0) is 0 Å². The van der Waals surface area contributed by atoms with Gasteiger partial charge in [-0.15, -0.1) is 0 Å². The van der Waals surface area contributed by atoms with Gasteiger partial charge in [0.25, 0.3) is 5.91 Å². The van der Waals surface area contributed by atoms with Crippen LogP contribution >= 0.6 is 0 Å². The number of aliphatic hydroxyl groups is 1. The maximum absolute atomic E-state index is 12.2. The van der Waals surface area contributed by atoms with Crippen LogP contribution in [0.4, 0.5) is 0 Å². The maximum Gasteiger partial charge on any atom is 0.252 e. The van der Waals surface area contributed by atoms with Crippen LogP contribution in [0.3, 0.4) is 0 Å². The van der Waals surface area contributed by atoms with Crippen LogP contribution < -0.4 is 5.32 Å². The number of hydrogen-bond acceptors (Lipinski definition) is 2. The summed E-state index contributed by atoms with van der Waals surface area (Å²) in [6, 6.07) is 5.59. The Hall–Kier alpha value is -1.79. The van der Waals surface area contributed by atoms with Crippen molar-refractivity contribution in [2.24, 2.45) is 5.92 Å².